The van der Waals surface area contributed by atoms with Gasteiger partial charge in [0, 0.05) is 19.2 Å². The van der Waals surface area contributed by atoms with Gasteiger partial charge in [-0.25, -0.2) is 4.68 Å². The summed E-state index contributed by atoms with van der Waals surface area (Å²) in [6.45, 7) is 7.47. The first-order chi connectivity index (χ1) is 14.6. The minimum Gasteiger partial charge on any atom is -0.497 e. The van der Waals surface area contributed by atoms with E-state index in [1.807, 2.05) is 23.9 Å². The monoisotopic (exact) mass is 442 g/mol. The Labute approximate surface area is 192 Å². The van der Waals surface area contributed by atoms with Crippen LogP contribution in [0.1, 0.15) is 56.7 Å². The molecule has 0 aliphatic rings. The maximum absolute atomic E-state index is 5.36. The number of ether oxygens (including phenoxy) is 1. The maximum atomic E-state index is 5.36. The van der Waals surface area contributed by atoms with E-state index in [9.17, 15) is 0 Å². The van der Waals surface area contributed by atoms with Crippen LogP contribution >= 0.6 is 12.4 Å². The van der Waals surface area contributed by atoms with Gasteiger partial charge in [-0.05, 0) is 49.1 Å². The molecule has 0 N–H and O–H groups in total. The first-order valence-corrected chi connectivity index (χ1v) is 11.0. The van der Waals surface area contributed by atoms with E-state index in [0.29, 0.717) is 0 Å². The number of halogens is 1. The first-order valence-electron chi connectivity index (χ1n) is 11.0. The Hall–Kier alpha value is -2.53. The van der Waals surface area contributed by atoms with Gasteiger partial charge in [0.05, 0.1) is 13.2 Å². The molecule has 1 aromatic heterocycles. The molecular weight excluding hydrogens is 408 g/mol. The maximum Gasteiger partial charge on any atom is 0.245 e. The number of anilines is 1. The van der Waals surface area contributed by atoms with Crippen LogP contribution in [0.2, 0.25) is 0 Å². The van der Waals surface area contributed by atoms with Crippen LogP contribution in [-0.2, 0) is 7.05 Å². The van der Waals surface area contributed by atoms with Crippen molar-refractivity contribution in [1.82, 2.24) is 14.8 Å². The summed E-state index contributed by atoms with van der Waals surface area (Å²) in [5.41, 5.74) is 3.54. The number of nitrogens with zero attached hydrogens (tertiary/aromatic N) is 4. The van der Waals surface area contributed by atoms with Gasteiger partial charge in [-0.1, -0.05) is 57.0 Å². The number of hydrogen-bond donors (Lipinski definition) is 0. The van der Waals surface area contributed by atoms with Crippen LogP contribution in [0.25, 0.3) is 11.4 Å². The molecule has 5 nitrogen and oxygen atoms in total. The van der Waals surface area contributed by atoms with Crippen LogP contribution < -0.4 is 9.64 Å². The molecule has 1 atom stereocenters. The third-order valence-electron chi connectivity index (χ3n) is 5.54. The molecule has 0 amide bonds. The summed E-state index contributed by atoms with van der Waals surface area (Å²) in [6, 6.07) is 17.1. The van der Waals surface area contributed by atoms with Gasteiger partial charge in [0.2, 0.25) is 5.95 Å². The van der Waals surface area contributed by atoms with Gasteiger partial charge in [0.25, 0.3) is 0 Å². The highest BCUT2D eigenvalue weighted by Crippen LogP contribution is 2.32. The first kappa shape index (κ1) is 24.7. The molecule has 0 radical (unpaired) electrons. The molecule has 0 saturated heterocycles. The van der Waals surface area contributed by atoms with Crippen molar-refractivity contribution in [2.75, 3.05) is 18.6 Å². The third kappa shape index (κ3) is 5.79. The minimum atomic E-state index is 0. The van der Waals surface area contributed by atoms with Crippen LogP contribution in [0, 0.1) is 6.92 Å². The lowest BCUT2D eigenvalue weighted by Crippen LogP contribution is -2.30. The zero-order chi connectivity index (χ0) is 21.5. The van der Waals surface area contributed by atoms with Crippen LogP contribution in [0.4, 0.5) is 5.95 Å². The van der Waals surface area contributed by atoms with Crippen LogP contribution in [0.5, 0.6) is 5.75 Å². The smallest absolute Gasteiger partial charge is 0.245 e. The molecule has 0 aliphatic heterocycles. The summed E-state index contributed by atoms with van der Waals surface area (Å²) in [7, 11) is 3.67. The Morgan fingerprint density at radius 1 is 1.06 bits per heavy atom. The van der Waals surface area contributed by atoms with Gasteiger partial charge >= 0.3 is 0 Å². The number of benzene rings is 2. The number of methoxy groups -OCH3 is 1. The molecule has 2 aromatic carbocycles. The summed E-state index contributed by atoms with van der Waals surface area (Å²) in [6.07, 6.45) is 4.49. The number of unbranched alkanes of at least 4 members (excludes halogenated alkanes) is 1. The lowest BCUT2D eigenvalue weighted by atomic mass is 9.99. The number of hydrogen-bond acceptors (Lipinski definition) is 4. The molecule has 168 valence electrons. The summed E-state index contributed by atoms with van der Waals surface area (Å²) in [4.78, 5) is 7.39. The fourth-order valence-electron chi connectivity index (χ4n) is 3.95. The molecule has 6 heteroatoms. The predicted molar refractivity (Wildman–Crippen MR) is 131 cm³/mol. The van der Waals surface area contributed by atoms with E-state index in [1.54, 1.807) is 7.11 Å². The second kappa shape index (κ2) is 11.8. The Morgan fingerprint density at radius 2 is 1.81 bits per heavy atom. The molecule has 1 heterocycles. The molecule has 0 bridgehead atoms. The Kier molecular flexibility index (Phi) is 9.38. The molecule has 0 spiro atoms. The fraction of sp³-hybridized carbons (Fsp3) is 0.440. The number of aryl methyl sites for hydroxylation is 2. The zero-order valence-electron chi connectivity index (χ0n) is 19.3. The molecule has 31 heavy (non-hydrogen) atoms. The van der Waals surface area contributed by atoms with Crippen molar-refractivity contribution < 1.29 is 4.74 Å². The molecule has 0 saturated carbocycles. The van der Waals surface area contributed by atoms with Gasteiger partial charge < -0.3 is 9.64 Å². The summed E-state index contributed by atoms with van der Waals surface area (Å²) < 4.78 is 7.26. The standard InChI is InChI=1S/C25H34N4O.ClH/c1-6-8-14-23(20-12-10-9-11-13-20)29(17-7-2)25-26-24(28(4)27-25)22-16-15-21(30-5)18-19(22)3;/h9-13,15-16,18,23H,6-8,14,17H2,1-5H3;1H/t23-;/m1./s1. The highest BCUT2D eigenvalue weighted by atomic mass is 35.5. The summed E-state index contributed by atoms with van der Waals surface area (Å²) in [5.74, 6) is 2.54. The van der Waals surface area contributed by atoms with Gasteiger partial charge in [-0.15, -0.1) is 17.5 Å². The molecule has 0 unspecified atom stereocenters. The third-order valence-corrected chi connectivity index (χ3v) is 5.54. The summed E-state index contributed by atoms with van der Waals surface area (Å²) >= 11 is 0. The van der Waals surface area contributed by atoms with Crippen molar-refractivity contribution in [2.45, 2.75) is 52.5 Å². The average Bonchev–Trinajstić information content (AvgIpc) is 3.14. The van der Waals surface area contributed by atoms with E-state index in [1.165, 1.54) is 18.4 Å². The largest absolute Gasteiger partial charge is 0.497 e. The van der Waals surface area contributed by atoms with E-state index in [-0.39, 0.29) is 18.4 Å². The number of rotatable bonds is 10. The van der Waals surface area contributed by atoms with Crippen LogP contribution in [0.15, 0.2) is 48.5 Å². The predicted octanol–water partition coefficient (Wildman–Crippen LogP) is 6.37. The van der Waals surface area contributed by atoms with Gasteiger partial charge in [0.1, 0.15) is 5.75 Å². The number of aromatic nitrogens is 3. The van der Waals surface area contributed by atoms with E-state index < -0.39 is 0 Å². The van der Waals surface area contributed by atoms with Gasteiger partial charge in [-0.3, -0.25) is 0 Å². The van der Waals surface area contributed by atoms with Crippen molar-refractivity contribution in [3.05, 3.63) is 59.7 Å². The molecule has 0 fully saturated rings. The Bertz CT molecular complexity index is 942. The normalized spacial score (nSPS) is 11.6. The van der Waals surface area contributed by atoms with Crippen molar-refractivity contribution in [3.63, 3.8) is 0 Å². The van der Waals surface area contributed by atoms with E-state index in [4.69, 9.17) is 14.8 Å². The molecular formula is C25H35ClN4O. The lowest BCUT2D eigenvalue weighted by Gasteiger charge is -2.31. The SMILES string of the molecule is CCCC[C@H](c1ccccc1)N(CCC)c1nc(-c2ccc(OC)cc2C)n(C)n1.Cl. The van der Waals surface area contributed by atoms with E-state index in [0.717, 1.165) is 48.0 Å². The minimum absolute atomic E-state index is 0. The van der Waals surface area contributed by atoms with Gasteiger partial charge in [-0.2, -0.15) is 4.98 Å². The molecule has 3 rings (SSSR count). The average molecular weight is 443 g/mol. The second-order valence-electron chi connectivity index (χ2n) is 7.80. The van der Waals surface area contributed by atoms with Crippen molar-refractivity contribution >= 4 is 18.4 Å². The zero-order valence-corrected chi connectivity index (χ0v) is 20.2. The molecule has 0 aliphatic carbocycles. The highest BCUT2D eigenvalue weighted by molar-refractivity contribution is 5.85. The van der Waals surface area contributed by atoms with Crippen molar-refractivity contribution in [3.8, 4) is 17.1 Å². The van der Waals surface area contributed by atoms with Crippen LogP contribution in [0.3, 0.4) is 0 Å². The highest BCUT2D eigenvalue weighted by Gasteiger charge is 2.24. The Morgan fingerprint density at radius 3 is 2.42 bits per heavy atom. The van der Waals surface area contributed by atoms with Crippen molar-refractivity contribution in [2.24, 2.45) is 7.05 Å². The molecule has 3 aromatic rings. The van der Waals surface area contributed by atoms with E-state index >= 15 is 0 Å². The van der Waals surface area contributed by atoms with Crippen molar-refractivity contribution in [1.29, 1.82) is 0 Å². The Balaban J connectivity index is 0.00000341. The van der Waals surface area contributed by atoms with Crippen LogP contribution in [-0.4, -0.2) is 28.4 Å². The second-order valence-corrected chi connectivity index (χ2v) is 7.80. The fourth-order valence-corrected chi connectivity index (χ4v) is 3.95. The van der Waals surface area contributed by atoms with E-state index in [2.05, 4.69) is 62.1 Å². The van der Waals surface area contributed by atoms with Gasteiger partial charge in [0.15, 0.2) is 5.82 Å². The lowest BCUT2D eigenvalue weighted by molar-refractivity contribution is 0.414. The topological polar surface area (TPSA) is 43.2 Å². The summed E-state index contributed by atoms with van der Waals surface area (Å²) in [5, 5.41) is 4.84. The quantitative estimate of drug-likeness (QED) is 0.366.